The van der Waals surface area contributed by atoms with Crippen molar-refractivity contribution in [3.63, 3.8) is 0 Å². The van der Waals surface area contributed by atoms with Crippen molar-refractivity contribution >= 4 is 0 Å². The fourth-order valence-corrected chi connectivity index (χ4v) is 4.24. The Labute approximate surface area is 161 Å². The highest BCUT2D eigenvalue weighted by atomic mass is 19.3. The lowest BCUT2D eigenvalue weighted by Gasteiger charge is -2.29. The lowest BCUT2D eigenvalue weighted by atomic mass is 9.77. The second-order valence-electron chi connectivity index (χ2n) is 7.74. The van der Waals surface area contributed by atoms with Crippen LogP contribution in [0.5, 0.6) is 5.75 Å². The monoisotopic (exact) mass is 372 g/mol. The molecular formula is C24H30F2O. The Morgan fingerprint density at radius 2 is 1.44 bits per heavy atom. The normalized spacial score (nSPS) is 20.0. The van der Waals surface area contributed by atoms with Crippen LogP contribution < -0.4 is 4.74 Å². The van der Waals surface area contributed by atoms with Crippen molar-refractivity contribution in [1.29, 1.82) is 0 Å². The van der Waals surface area contributed by atoms with Gasteiger partial charge in [-0.1, -0.05) is 69.0 Å². The third-order valence-corrected chi connectivity index (χ3v) is 5.86. The molecule has 0 spiro atoms. The summed E-state index contributed by atoms with van der Waals surface area (Å²) in [5.41, 5.74) is 3.56. The predicted molar refractivity (Wildman–Crippen MR) is 107 cm³/mol. The summed E-state index contributed by atoms with van der Waals surface area (Å²) in [6, 6.07) is 15.6. The number of rotatable bonds is 8. The SMILES string of the molecule is CCCCC[C@H]1CC[C@H](c2ccc(-c3ccc(OC(F)F)cc3)cc2)CC1. The van der Waals surface area contributed by atoms with E-state index in [0.29, 0.717) is 5.92 Å². The van der Waals surface area contributed by atoms with E-state index < -0.39 is 6.61 Å². The van der Waals surface area contributed by atoms with E-state index in [-0.39, 0.29) is 5.75 Å². The fraction of sp³-hybridized carbons (Fsp3) is 0.500. The molecule has 0 unspecified atom stereocenters. The number of benzene rings is 2. The van der Waals surface area contributed by atoms with Crippen molar-refractivity contribution in [2.45, 2.75) is 70.8 Å². The number of halogens is 2. The summed E-state index contributed by atoms with van der Waals surface area (Å²) in [7, 11) is 0. The van der Waals surface area contributed by atoms with Gasteiger partial charge in [-0.25, -0.2) is 0 Å². The maximum atomic E-state index is 12.2. The van der Waals surface area contributed by atoms with Gasteiger partial charge in [0.25, 0.3) is 0 Å². The smallest absolute Gasteiger partial charge is 0.387 e. The molecule has 1 saturated carbocycles. The topological polar surface area (TPSA) is 9.23 Å². The molecule has 0 amide bonds. The van der Waals surface area contributed by atoms with Gasteiger partial charge >= 0.3 is 6.61 Å². The predicted octanol–water partition coefficient (Wildman–Crippen LogP) is 7.81. The van der Waals surface area contributed by atoms with Crippen molar-refractivity contribution in [2.24, 2.45) is 5.92 Å². The van der Waals surface area contributed by atoms with Crippen molar-refractivity contribution in [2.75, 3.05) is 0 Å². The van der Waals surface area contributed by atoms with Crippen LogP contribution in [0, 0.1) is 5.92 Å². The third kappa shape index (κ3) is 5.79. The zero-order valence-electron chi connectivity index (χ0n) is 16.2. The van der Waals surface area contributed by atoms with E-state index in [2.05, 4.69) is 35.9 Å². The van der Waals surface area contributed by atoms with Crippen molar-refractivity contribution in [3.05, 3.63) is 54.1 Å². The van der Waals surface area contributed by atoms with Crippen LogP contribution in [0.3, 0.4) is 0 Å². The summed E-state index contributed by atoms with van der Waals surface area (Å²) >= 11 is 0. The number of alkyl halides is 2. The molecule has 0 aliphatic heterocycles. The van der Waals surface area contributed by atoms with E-state index in [9.17, 15) is 8.78 Å². The highest BCUT2D eigenvalue weighted by Gasteiger charge is 2.22. The minimum Gasteiger partial charge on any atom is -0.435 e. The molecule has 0 saturated heterocycles. The Bertz CT molecular complexity index is 671. The maximum Gasteiger partial charge on any atom is 0.387 e. The second kappa shape index (κ2) is 9.87. The maximum absolute atomic E-state index is 12.2. The molecule has 1 nitrogen and oxygen atoms in total. The Morgan fingerprint density at radius 3 is 2.00 bits per heavy atom. The first-order valence-electron chi connectivity index (χ1n) is 10.3. The molecular weight excluding hydrogens is 342 g/mol. The summed E-state index contributed by atoms with van der Waals surface area (Å²) < 4.78 is 28.9. The summed E-state index contributed by atoms with van der Waals surface area (Å²) in [6.45, 7) is -0.511. The fourth-order valence-electron chi connectivity index (χ4n) is 4.24. The van der Waals surface area contributed by atoms with Crippen molar-refractivity contribution in [3.8, 4) is 16.9 Å². The van der Waals surface area contributed by atoms with Crippen LogP contribution in [-0.4, -0.2) is 6.61 Å². The van der Waals surface area contributed by atoms with E-state index in [4.69, 9.17) is 0 Å². The van der Waals surface area contributed by atoms with Gasteiger partial charge in [0.15, 0.2) is 0 Å². The Morgan fingerprint density at radius 1 is 0.852 bits per heavy atom. The Balaban J connectivity index is 1.55. The summed E-state index contributed by atoms with van der Waals surface area (Å²) in [5, 5.41) is 0. The number of unbranched alkanes of at least 4 members (excludes halogenated alkanes) is 2. The molecule has 2 aromatic rings. The molecule has 3 heteroatoms. The lowest BCUT2D eigenvalue weighted by Crippen LogP contribution is -2.13. The second-order valence-corrected chi connectivity index (χ2v) is 7.74. The van der Waals surface area contributed by atoms with Crippen LogP contribution in [0.25, 0.3) is 11.1 Å². The lowest BCUT2D eigenvalue weighted by molar-refractivity contribution is -0.0498. The van der Waals surface area contributed by atoms with Crippen LogP contribution in [-0.2, 0) is 0 Å². The van der Waals surface area contributed by atoms with Crippen LogP contribution in [0.15, 0.2) is 48.5 Å². The number of hydrogen-bond acceptors (Lipinski definition) is 1. The average molecular weight is 372 g/mol. The molecule has 0 bridgehead atoms. The summed E-state index contributed by atoms with van der Waals surface area (Å²) in [4.78, 5) is 0. The van der Waals surface area contributed by atoms with Crippen LogP contribution in [0.4, 0.5) is 8.78 Å². The van der Waals surface area contributed by atoms with Gasteiger partial charge in [-0.05, 0) is 66.3 Å². The largest absolute Gasteiger partial charge is 0.435 e. The van der Waals surface area contributed by atoms with Gasteiger partial charge in [-0.3, -0.25) is 0 Å². The van der Waals surface area contributed by atoms with Gasteiger partial charge in [0.2, 0.25) is 0 Å². The van der Waals surface area contributed by atoms with Crippen LogP contribution in [0.1, 0.15) is 69.8 Å². The van der Waals surface area contributed by atoms with Gasteiger partial charge in [0, 0.05) is 0 Å². The zero-order valence-corrected chi connectivity index (χ0v) is 16.2. The van der Waals surface area contributed by atoms with Crippen molar-refractivity contribution in [1.82, 2.24) is 0 Å². The quantitative estimate of drug-likeness (QED) is 0.429. The van der Waals surface area contributed by atoms with Crippen LogP contribution in [0.2, 0.25) is 0 Å². The highest BCUT2D eigenvalue weighted by Crippen LogP contribution is 2.38. The zero-order chi connectivity index (χ0) is 19.1. The number of hydrogen-bond donors (Lipinski definition) is 0. The first kappa shape index (κ1) is 19.9. The number of ether oxygens (including phenoxy) is 1. The standard InChI is InChI=1S/C24H30F2O/c1-2-3-4-5-18-6-8-19(9-7-18)20-10-12-21(13-11-20)22-14-16-23(17-15-22)27-24(25)26/h10-19,24H,2-9H2,1H3/t18-,19-. The molecule has 1 aliphatic carbocycles. The van der Waals surface area contributed by atoms with Gasteiger partial charge in [0.05, 0.1) is 0 Å². The van der Waals surface area contributed by atoms with E-state index in [1.54, 1.807) is 12.1 Å². The molecule has 0 aromatic heterocycles. The summed E-state index contributed by atoms with van der Waals surface area (Å²) in [5.74, 6) is 1.81. The molecule has 146 valence electrons. The summed E-state index contributed by atoms with van der Waals surface area (Å²) in [6.07, 6.45) is 10.8. The minimum absolute atomic E-state index is 0.195. The Kier molecular flexibility index (Phi) is 7.25. The first-order valence-corrected chi connectivity index (χ1v) is 10.3. The third-order valence-electron chi connectivity index (χ3n) is 5.86. The van der Waals surface area contributed by atoms with E-state index in [1.807, 2.05) is 12.1 Å². The Hall–Kier alpha value is -1.90. The molecule has 3 rings (SSSR count). The molecule has 0 heterocycles. The van der Waals surface area contributed by atoms with Gasteiger partial charge < -0.3 is 4.74 Å². The highest BCUT2D eigenvalue weighted by molar-refractivity contribution is 5.64. The molecule has 0 N–H and O–H groups in total. The molecule has 1 aliphatic rings. The van der Waals surface area contributed by atoms with E-state index in [1.165, 1.54) is 56.9 Å². The van der Waals surface area contributed by atoms with Gasteiger partial charge in [-0.2, -0.15) is 8.78 Å². The van der Waals surface area contributed by atoms with E-state index in [0.717, 1.165) is 17.0 Å². The van der Waals surface area contributed by atoms with Crippen molar-refractivity contribution < 1.29 is 13.5 Å². The van der Waals surface area contributed by atoms with E-state index >= 15 is 0 Å². The molecule has 27 heavy (non-hydrogen) atoms. The molecule has 0 radical (unpaired) electrons. The first-order chi connectivity index (χ1) is 13.2. The molecule has 1 fully saturated rings. The molecule has 2 aromatic carbocycles. The average Bonchev–Trinajstić information content (AvgIpc) is 2.69. The van der Waals surface area contributed by atoms with Crippen LogP contribution >= 0.6 is 0 Å². The van der Waals surface area contributed by atoms with Gasteiger partial charge in [-0.15, -0.1) is 0 Å². The molecule has 0 atom stereocenters. The minimum atomic E-state index is -2.78. The van der Waals surface area contributed by atoms with Gasteiger partial charge in [0.1, 0.15) is 5.75 Å².